The van der Waals surface area contributed by atoms with Crippen LogP contribution in [0.2, 0.25) is 0 Å². The van der Waals surface area contributed by atoms with E-state index in [4.69, 9.17) is 6.42 Å². The third kappa shape index (κ3) is 1.24. The van der Waals surface area contributed by atoms with Gasteiger partial charge in [-0.1, -0.05) is 12.0 Å². The fraction of sp³-hybridized carbons (Fsp3) is 0.222. The second-order valence-electron chi connectivity index (χ2n) is 2.58. The summed E-state index contributed by atoms with van der Waals surface area (Å²) in [6, 6.07) is 4.41. The molecule has 54 valence electrons. The highest BCUT2D eigenvalue weighted by Gasteiger charge is 2.21. The normalized spacial score (nSPS) is 20.8. The van der Waals surface area contributed by atoms with E-state index >= 15 is 0 Å². The lowest BCUT2D eigenvalue weighted by Gasteiger charge is -1.94. The molecule has 0 bridgehead atoms. The zero-order valence-corrected chi connectivity index (χ0v) is 6.04. The number of rotatable bonds is 1. The summed E-state index contributed by atoms with van der Waals surface area (Å²) in [5.41, 5.74) is 1.93. The van der Waals surface area contributed by atoms with E-state index in [0.29, 0.717) is 11.7 Å². The predicted octanol–water partition coefficient (Wildman–Crippen LogP) is 0.707. The number of nitrogens with zero attached hydrogens (tertiary/aromatic N) is 1. The number of nitrogens with one attached hydrogen (secondary N) is 1. The van der Waals surface area contributed by atoms with Crippen molar-refractivity contribution in [1.82, 2.24) is 10.3 Å². The number of aromatic nitrogens is 1. The summed E-state index contributed by atoms with van der Waals surface area (Å²) in [7, 11) is 0. The standard InChI is InChI=1S/C9H8N2/c1-2-8-4-3-7(5-10-8)9-6-11-9/h1,3-5,9,11H,6H2/t9-/m1/s1. The van der Waals surface area contributed by atoms with Crippen LogP contribution in [0.5, 0.6) is 0 Å². The maximum atomic E-state index is 5.16. The van der Waals surface area contributed by atoms with E-state index in [1.54, 1.807) is 0 Å². The Morgan fingerprint density at radius 3 is 2.91 bits per heavy atom. The number of pyridine rings is 1. The van der Waals surface area contributed by atoms with Gasteiger partial charge in [0.2, 0.25) is 0 Å². The molecular formula is C9H8N2. The van der Waals surface area contributed by atoms with Crippen LogP contribution in [0.3, 0.4) is 0 Å². The Hall–Kier alpha value is -1.33. The molecule has 1 fully saturated rings. The van der Waals surface area contributed by atoms with Crippen molar-refractivity contribution in [1.29, 1.82) is 0 Å². The highest BCUT2D eigenvalue weighted by molar-refractivity contribution is 5.29. The van der Waals surface area contributed by atoms with Crippen LogP contribution in [0.15, 0.2) is 18.3 Å². The summed E-state index contributed by atoms with van der Waals surface area (Å²) in [4.78, 5) is 4.08. The summed E-state index contributed by atoms with van der Waals surface area (Å²) in [5, 5.41) is 3.20. The Morgan fingerprint density at radius 1 is 1.64 bits per heavy atom. The molecule has 2 heterocycles. The lowest BCUT2D eigenvalue weighted by molar-refractivity contribution is 1.05. The van der Waals surface area contributed by atoms with E-state index in [9.17, 15) is 0 Å². The molecule has 2 heteroatoms. The van der Waals surface area contributed by atoms with E-state index < -0.39 is 0 Å². The molecule has 1 aliphatic rings. The largest absolute Gasteiger partial charge is 0.307 e. The highest BCUT2D eigenvalue weighted by atomic mass is 15.1. The van der Waals surface area contributed by atoms with Gasteiger partial charge in [0.1, 0.15) is 5.69 Å². The van der Waals surface area contributed by atoms with Crippen LogP contribution in [-0.2, 0) is 0 Å². The summed E-state index contributed by atoms with van der Waals surface area (Å²) < 4.78 is 0. The molecule has 2 rings (SSSR count). The van der Waals surface area contributed by atoms with Crippen LogP contribution in [0.4, 0.5) is 0 Å². The number of hydrogen-bond donors (Lipinski definition) is 1. The summed E-state index contributed by atoms with van der Waals surface area (Å²) in [6.45, 7) is 1.07. The van der Waals surface area contributed by atoms with Gasteiger partial charge in [-0.05, 0) is 11.6 Å². The predicted molar refractivity (Wildman–Crippen MR) is 42.9 cm³/mol. The maximum absolute atomic E-state index is 5.16. The van der Waals surface area contributed by atoms with Crippen molar-refractivity contribution >= 4 is 0 Å². The Labute approximate surface area is 65.7 Å². The van der Waals surface area contributed by atoms with Crippen LogP contribution >= 0.6 is 0 Å². The first-order valence-electron chi connectivity index (χ1n) is 3.56. The summed E-state index contributed by atoms with van der Waals surface area (Å²) in [5.74, 6) is 2.48. The van der Waals surface area contributed by atoms with Crippen LogP contribution in [-0.4, -0.2) is 11.5 Å². The van der Waals surface area contributed by atoms with Crippen LogP contribution in [0, 0.1) is 12.3 Å². The molecular weight excluding hydrogens is 136 g/mol. The topological polar surface area (TPSA) is 34.8 Å². The number of terminal acetylenes is 1. The van der Waals surface area contributed by atoms with Gasteiger partial charge in [-0.25, -0.2) is 4.98 Å². The molecule has 0 aromatic carbocycles. The van der Waals surface area contributed by atoms with E-state index in [2.05, 4.69) is 16.2 Å². The van der Waals surface area contributed by atoms with Crippen molar-refractivity contribution in [2.75, 3.05) is 6.54 Å². The SMILES string of the molecule is C#Cc1ccc([C@H]2CN2)cn1. The molecule has 1 aromatic rings. The van der Waals surface area contributed by atoms with Crippen molar-refractivity contribution < 1.29 is 0 Å². The van der Waals surface area contributed by atoms with Crippen LogP contribution < -0.4 is 5.32 Å². The van der Waals surface area contributed by atoms with Crippen LogP contribution in [0.1, 0.15) is 17.3 Å². The minimum absolute atomic E-state index is 0.523. The lowest BCUT2D eigenvalue weighted by Crippen LogP contribution is -1.87. The molecule has 0 radical (unpaired) electrons. The van der Waals surface area contributed by atoms with Gasteiger partial charge in [0.05, 0.1) is 0 Å². The van der Waals surface area contributed by atoms with Gasteiger partial charge in [0.25, 0.3) is 0 Å². The minimum Gasteiger partial charge on any atom is -0.307 e. The zero-order valence-electron chi connectivity index (χ0n) is 6.04. The molecule has 1 N–H and O–H groups in total. The second kappa shape index (κ2) is 2.37. The van der Waals surface area contributed by atoms with Crippen molar-refractivity contribution in [3.63, 3.8) is 0 Å². The molecule has 0 saturated carbocycles. The van der Waals surface area contributed by atoms with E-state index in [-0.39, 0.29) is 0 Å². The monoisotopic (exact) mass is 144 g/mol. The van der Waals surface area contributed by atoms with E-state index in [1.165, 1.54) is 5.56 Å². The zero-order chi connectivity index (χ0) is 7.68. The molecule has 0 spiro atoms. The van der Waals surface area contributed by atoms with Gasteiger partial charge in [0, 0.05) is 18.8 Å². The average molecular weight is 144 g/mol. The summed E-state index contributed by atoms with van der Waals surface area (Å²) >= 11 is 0. The third-order valence-electron chi connectivity index (χ3n) is 1.74. The Balaban J connectivity index is 2.27. The molecule has 1 aliphatic heterocycles. The molecule has 0 aliphatic carbocycles. The molecule has 1 atom stereocenters. The molecule has 0 amide bonds. The Morgan fingerprint density at radius 2 is 2.45 bits per heavy atom. The molecule has 2 nitrogen and oxygen atoms in total. The van der Waals surface area contributed by atoms with Gasteiger partial charge in [-0.2, -0.15) is 0 Å². The van der Waals surface area contributed by atoms with Gasteiger partial charge in [-0.3, -0.25) is 0 Å². The third-order valence-corrected chi connectivity index (χ3v) is 1.74. The Kier molecular flexibility index (Phi) is 1.38. The molecule has 0 unspecified atom stereocenters. The van der Waals surface area contributed by atoms with Gasteiger partial charge >= 0.3 is 0 Å². The quantitative estimate of drug-likeness (QED) is 0.465. The minimum atomic E-state index is 0.523. The fourth-order valence-corrected chi connectivity index (χ4v) is 0.991. The summed E-state index contributed by atoms with van der Waals surface area (Å²) in [6.07, 6.45) is 7.00. The van der Waals surface area contributed by atoms with Gasteiger partial charge < -0.3 is 5.32 Å². The molecule has 1 aromatic heterocycles. The first-order valence-corrected chi connectivity index (χ1v) is 3.56. The number of hydrogen-bond acceptors (Lipinski definition) is 2. The molecule has 11 heavy (non-hydrogen) atoms. The van der Waals surface area contributed by atoms with Crippen molar-refractivity contribution in [2.24, 2.45) is 0 Å². The fourth-order valence-electron chi connectivity index (χ4n) is 0.991. The first kappa shape index (κ1) is 6.38. The Bertz CT molecular complexity index is 290. The first-order chi connectivity index (χ1) is 5.40. The van der Waals surface area contributed by atoms with Crippen molar-refractivity contribution in [3.05, 3.63) is 29.6 Å². The van der Waals surface area contributed by atoms with E-state index in [1.807, 2.05) is 18.3 Å². The average Bonchev–Trinajstić information content (AvgIpc) is 2.87. The van der Waals surface area contributed by atoms with Gasteiger partial charge in [-0.15, -0.1) is 6.42 Å². The van der Waals surface area contributed by atoms with Gasteiger partial charge in [0.15, 0.2) is 0 Å². The maximum Gasteiger partial charge on any atom is 0.112 e. The van der Waals surface area contributed by atoms with Crippen molar-refractivity contribution in [3.8, 4) is 12.3 Å². The molecule has 1 saturated heterocycles. The van der Waals surface area contributed by atoms with Crippen molar-refractivity contribution in [2.45, 2.75) is 6.04 Å². The smallest absolute Gasteiger partial charge is 0.112 e. The highest BCUT2D eigenvalue weighted by Crippen LogP contribution is 2.19. The lowest BCUT2D eigenvalue weighted by atomic mass is 10.2. The van der Waals surface area contributed by atoms with E-state index in [0.717, 1.165) is 6.54 Å². The second-order valence-corrected chi connectivity index (χ2v) is 2.58. The van der Waals surface area contributed by atoms with Crippen LogP contribution in [0.25, 0.3) is 0 Å².